The number of fused-ring (bicyclic) bond motifs is 1. The lowest BCUT2D eigenvalue weighted by Gasteiger charge is -2.31. The predicted octanol–water partition coefficient (Wildman–Crippen LogP) is 2.24. The molecule has 5 nitrogen and oxygen atoms in total. The second-order valence-corrected chi connectivity index (χ2v) is 5.26. The summed E-state index contributed by atoms with van der Waals surface area (Å²) in [6, 6.07) is 3.34. The molecule has 0 radical (unpaired) electrons. The minimum Gasteiger partial charge on any atom is -0.478 e. The Kier molecular flexibility index (Phi) is 2.55. The maximum absolute atomic E-state index is 11.2. The number of aryl methyl sites for hydroxylation is 1. The van der Waals surface area contributed by atoms with Crippen LogP contribution in [0.2, 0.25) is 0 Å². The van der Waals surface area contributed by atoms with Crippen LogP contribution in [0.3, 0.4) is 0 Å². The number of carboxylic acids is 1. The first kappa shape index (κ1) is 11.5. The number of anilines is 1. The number of aromatic carboxylic acids is 1. The van der Waals surface area contributed by atoms with E-state index in [4.69, 9.17) is 0 Å². The Balaban J connectivity index is 2.30. The molecule has 18 heavy (non-hydrogen) atoms. The third-order valence-electron chi connectivity index (χ3n) is 3.32. The lowest BCUT2D eigenvalue weighted by Crippen LogP contribution is -2.38. The minimum absolute atomic E-state index is 0.246. The molecule has 0 bridgehead atoms. The predicted molar refractivity (Wildman–Crippen MR) is 72.2 cm³/mol. The van der Waals surface area contributed by atoms with E-state index < -0.39 is 5.97 Å². The van der Waals surface area contributed by atoms with Crippen LogP contribution in [0.25, 0.3) is 11.0 Å². The molecule has 1 saturated heterocycles. The fraction of sp³-hybridized carbons (Fsp3) is 0.333. The molecule has 0 aliphatic carbocycles. The third kappa shape index (κ3) is 1.52. The van der Waals surface area contributed by atoms with Crippen LogP contribution in [0, 0.1) is 0 Å². The van der Waals surface area contributed by atoms with Crippen LogP contribution in [0.4, 0.5) is 5.95 Å². The van der Waals surface area contributed by atoms with E-state index in [0.717, 1.165) is 35.4 Å². The monoisotopic (exact) mass is 309 g/mol. The number of carbonyl (C=O) groups is 1. The maximum Gasteiger partial charge on any atom is 0.337 e. The highest BCUT2D eigenvalue weighted by Crippen LogP contribution is 2.31. The molecule has 1 fully saturated rings. The molecule has 2 aromatic rings. The molecule has 1 aliphatic rings. The van der Waals surface area contributed by atoms with Gasteiger partial charge in [0.2, 0.25) is 5.95 Å². The van der Waals surface area contributed by atoms with Gasteiger partial charge in [-0.25, -0.2) is 9.78 Å². The summed E-state index contributed by atoms with van der Waals surface area (Å²) in [7, 11) is 1.92. The smallest absolute Gasteiger partial charge is 0.337 e. The van der Waals surface area contributed by atoms with Crippen molar-refractivity contribution < 1.29 is 9.90 Å². The molecule has 1 aromatic heterocycles. The number of aromatic nitrogens is 2. The zero-order valence-corrected chi connectivity index (χ0v) is 11.4. The van der Waals surface area contributed by atoms with Gasteiger partial charge in [-0.15, -0.1) is 0 Å². The maximum atomic E-state index is 11.2. The number of hydrogen-bond donors (Lipinski definition) is 1. The first-order valence-electron chi connectivity index (χ1n) is 5.73. The molecule has 0 saturated carbocycles. The summed E-state index contributed by atoms with van der Waals surface area (Å²) in [5, 5.41) is 9.21. The molecule has 6 heteroatoms. The van der Waals surface area contributed by atoms with Crippen LogP contribution >= 0.6 is 15.9 Å². The van der Waals surface area contributed by atoms with E-state index in [-0.39, 0.29) is 5.56 Å². The van der Waals surface area contributed by atoms with Crippen molar-refractivity contribution in [3.63, 3.8) is 0 Å². The summed E-state index contributed by atoms with van der Waals surface area (Å²) in [6.07, 6.45) is 1.16. The quantitative estimate of drug-likeness (QED) is 0.924. The molecular formula is C12H12BrN3O2. The lowest BCUT2D eigenvalue weighted by molar-refractivity contribution is 0.0699. The molecule has 1 aliphatic heterocycles. The van der Waals surface area contributed by atoms with Gasteiger partial charge in [-0.05, 0) is 34.5 Å². The van der Waals surface area contributed by atoms with E-state index >= 15 is 0 Å². The van der Waals surface area contributed by atoms with Crippen LogP contribution in [0.1, 0.15) is 16.8 Å². The van der Waals surface area contributed by atoms with Gasteiger partial charge in [-0.1, -0.05) is 0 Å². The average molecular weight is 310 g/mol. The van der Waals surface area contributed by atoms with E-state index in [1.54, 1.807) is 12.1 Å². The van der Waals surface area contributed by atoms with Crippen LogP contribution in [-0.4, -0.2) is 33.7 Å². The molecule has 0 amide bonds. The van der Waals surface area contributed by atoms with Crippen molar-refractivity contribution >= 4 is 38.9 Å². The van der Waals surface area contributed by atoms with Crippen molar-refractivity contribution in [1.82, 2.24) is 9.55 Å². The Bertz CT molecular complexity index is 646. The summed E-state index contributed by atoms with van der Waals surface area (Å²) in [5.41, 5.74) is 1.62. The number of imidazole rings is 1. The normalized spacial score (nSPS) is 14.9. The highest BCUT2D eigenvalue weighted by Gasteiger charge is 2.23. The average Bonchev–Trinajstić information content (AvgIpc) is 2.55. The van der Waals surface area contributed by atoms with E-state index in [1.807, 2.05) is 11.6 Å². The van der Waals surface area contributed by atoms with Crippen LogP contribution < -0.4 is 4.90 Å². The molecule has 0 atom stereocenters. The fourth-order valence-electron chi connectivity index (χ4n) is 2.23. The first-order chi connectivity index (χ1) is 8.59. The van der Waals surface area contributed by atoms with Gasteiger partial charge in [0.25, 0.3) is 0 Å². The van der Waals surface area contributed by atoms with Gasteiger partial charge < -0.3 is 14.6 Å². The van der Waals surface area contributed by atoms with Gasteiger partial charge in [-0.3, -0.25) is 0 Å². The SMILES string of the molecule is Cn1c(N2CCC2)nc2c(C(=O)O)ccc(Br)c21. The van der Waals surface area contributed by atoms with Crippen molar-refractivity contribution in [2.45, 2.75) is 6.42 Å². The van der Waals surface area contributed by atoms with Crippen molar-refractivity contribution in [1.29, 1.82) is 0 Å². The number of nitrogens with zero attached hydrogens (tertiary/aromatic N) is 3. The van der Waals surface area contributed by atoms with Crippen molar-refractivity contribution in [2.24, 2.45) is 7.05 Å². The molecule has 2 heterocycles. The number of hydrogen-bond acceptors (Lipinski definition) is 3. The highest BCUT2D eigenvalue weighted by molar-refractivity contribution is 9.10. The number of halogens is 1. The molecular weight excluding hydrogens is 298 g/mol. The largest absolute Gasteiger partial charge is 0.478 e. The molecule has 1 N–H and O–H groups in total. The van der Waals surface area contributed by atoms with Gasteiger partial charge in [0.1, 0.15) is 5.52 Å². The van der Waals surface area contributed by atoms with Gasteiger partial charge in [0, 0.05) is 24.6 Å². The van der Waals surface area contributed by atoms with Crippen LogP contribution in [-0.2, 0) is 7.05 Å². The molecule has 0 spiro atoms. The van der Waals surface area contributed by atoms with E-state index in [1.165, 1.54) is 0 Å². The summed E-state index contributed by atoms with van der Waals surface area (Å²) >= 11 is 3.46. The summed E-state index contributed by atoms with van der Waals surface area (Å²) < 4.78 is 2.81. The van der Waals surface area contributed by atoms with Crippen molar-refractivity contribution in [3.05, 3.63) is 22.2 Å². The van der Waals surface area contributed by atoms with E-state index in [0.29, 0.717) is 5.52 Å². The lowest BCUT2D eigenvalue weighted by atomic mass is 10.2. The molecule has 1 aromatic carbocycles. The third-order valence-corrected chi connectivity index (χ3v) is 3.96. The standard InChI is InChI=1S/C12H12BrN3O2/c1-15-10-8(13)4-3-7(11(17)18)9(10)14-12(15)16-5-2-6-16/h3-4H,2,5-6H2,1H3,(H,17,18). The Morgan fingerprint density at radius 1 is 1.44 bits per heavy atom. The summed E-state index contributed by atoms with van der Waals surface area (Å²) in [4.78, 5) is 17.9. The van der Waals surface area contributed by atoms with Gasteiger partial charge in [-0.2, -0.15) is 0 Å². The Hall–Kier alpha value is -1.56. The number of carboxylic acid groups (broad SMARTS) is 1. The summed E-state index contributed by atoms with van der Waals surface area (Å²) in [5.74, 6) is -0.105. The van der Waals surface area contributed by atoms with Gasteiger partial charge in [0.05, 0.1) is 11.1 Å². The molecule has 0 unspecified atom stereocenters. The zero-order valence-electron chi connectivity index (χ0n) is 9.85. The topological polar surface area (TPSA) is 58.4 Å². The molecule has 3 rings (SSSR count). The van der Waals surface area contributed by atoms with Crippen molar-refractivity contribution in [3.8, 4) is 0 Å². The van der Waals surface area contributed by atoms with Crippen LogP contribution in [0.5, 0.6) is 0 Å². The number of rotatable bonds is 2. The minimum atomic E-state index is -0.944. The highest BCUT2D eigenvalue weighted by atomic mass is 79.9. The Labute approximate surface area is 112 Å². The van der Waals surface area contributed by atoms with Crippen molar-refractivity contribution in [2.75, 3.05) is 18.0 Å². The zero-order chi connectivity index (χ0) is 12.9. The van der Waals surface area contributed by atoms with Gasteiger partial charge >= 0.3 is 5.97 Å². The van der Waals surface area contributed by atoms with Gasteiger partial charge in [0.15, 0.2) is 0 Å². The van der Waals surface area contributed by atoms with E-state index in [9.17, 15) is 9.90 Å². The van der Waals surface area contributed by atoms with Crippen LogP contribution in [0.15, 0.2) is 16.6 Å². The Morgan fingerprint density at radius 3 is 2.72 bits per heavy atom. The Morgan fingerprint density at radius 2 is 2.17 bits per heavy atom. The van der Waals surface area contributed by atoms with E-state index in [2.05, 4.69) is 25.8 Å². The number of benzene rings is 1. The second-order valence-electron chi connectivity index (χ2n) is 4.41. The fourth-order valence-corrected chi connectivity index (χ4v) is 2.82. The summed E-state index contributed by atoms with van der Waals surface area (Å²) in [6.45, 7) is 1.97. The molecule has 94 valence electrons. The first-order valence-corrected chi connectivity index (χ1v) is 6.52. The second kappa shape index (κ2) is 3.98.